The molecule has 2 N–H and O–H groups in total. The van der Waals surface area contributed by atoms with Crippen molar-refractivity contribution in [1.29, 1.82) is 0 Å². The standard InChI is InChI=1S/C22H23N3O3/c1-13-5-7-17(10-14(13)2)23-21(27)22(28)24-18-11-15-4-3-9-25-19(26)8-6-16(12-18)20(15)25/h5,7,10-12H,3-4,6,8-9H2,1-2H3,(H,23,27)(H,24,28). The molecule has 0 saturated heterocycles. The van der Waals surface area contributed by atoms with E-state index in [0.29, 0.717) is 24.2 Å². The molecule has 0 radical (unpaired) electrons. The van der Waals surface area contributed by atoms with Gasteiger partial charge in [0.1, 0.15) is 0 Å². The molecular formula is C22H23N3O3. The molecule has 2 aromatic rings. The lowest BCUT2D eigenvalue weighted by molar-refractivity contribution is -0.133. The van der Waals surface area contributed by atoms with Gasteiger partial charge in [-0.2, -0.15) is 0 Å². The third-order valence-corrected chi connectivity index (χ3v) is 5.50. The Morgan fingerprint density at radius 1 is 0.857 bits per heavy atom. The van der Waals surface area contributed by atoms with Crippen molar-refractivity contribution in [1.82, 2.24) is 0 Å². The summed E-state index contributed by atoms with van der Waals surface area (Å²) in [5.41, 5.74) is 6.48. The van der Waals surface area contributed by atoms with Gasteiger partial charge in [-0.1, -0.05) is 6.07 Å². The highest BCUT2D eigenvalue weighted by Gasteiger charge is 2.30. The topological polar surface area (TPSA) is 78.5 Å². The molecule has 0 aromatic heterocycles. The highest BCUT2D eigenvalue weighted by molar-refractivity contribution is 6.43. The first-order chi connectivity index (χ1) is 13.4. The quantitative estimate of drug-likeness (QED) is 0.790. The summed E-state index contributed by atoms with van der Waals surface area (Å²) in [7, 11) is 0. The van der Waals surface area contributed by atoms with Crippen molar-refractivity contribution >= 4 is 34.8 Å². The lowest BCUT2D eigenvalue weighted by atomic mass is 9.91. The van der Waals surface area contributed by atoms with Gasteiger partial charge in [0.25, 0.3) is 0 Å². The second-order valence-corrected chi connectivity index (χ2v) is 7.50. The Hall–Kier alpha value is -3.15. The molecule has 144 valence electrons. The zero-order chi connectivity index (χ0) is 19.8. The zero-order valence-electron chi connectivity index (χ0n) is 16.1. The molecule has 0 spiro atoms. The van der Waals surface area contributed by atoms with Crippen LogP contribution in [0.5, 0.6) is 0 Å². The Labute approximate surface area is 163 Å². The average Bonchev–Trinajstić information content (AvgIpc) is 2.67. The maximum Gasteiger partial charge on any atom is 0.314 e. The first kappa shape index (κ1) is 18.2. The van der Waals surface area contributed by atoms with E-state index in [-0.39, 0.29) is 5.91 Å². The molecular weight excluding hydrogens is 354 g/mol. The molecule has 2 heterocycles. The van der Waals surface area contributed by atoms with E-state index in [9.17, 15) is 14.4 Å². The number of hydrogen-bond donors (Lipinski definition) is 2. The molecule has 2 aliphatic heterocycles. The summed E-state index contributed by atoms with van der Waals surface area (Å²) in [6.07, 6.45) is 2.92. The fourth-order valence-corrected chi connectivity index (χ4v) is 3.92. The van der Waals surface area contributed by atoms with Crippen LogP contribution >= 0.6 is 0 Å². The van der Waals surface area contributed by atoms with E-state index in [1.165, 1.54) is 0 Å². The number of aryl methyl sites for hydroxylation is 4. The third-order valence-electron chi connectivity index (χ3n) is 5.50. The number of anilines is 3. The molecule has 0 aliphatic carbocycles. The van der Waals surface area contributed by atoms with Gasteiger partial charge < -0.3 is 15.5 Å². The molecule has 3 amide bonds. The summed E-state index contributed by atoms with van der Waals surface area (Å²) in [6, 6.07) is 9.29. The van der Waals surface area contributed by atoms with Gasteiger partial charge in [-0.15, -0.1) is 0 Å². The maximum absolute atomic E-state index is 12.4. The first-order valence-electron chi connectivity index (χ1n) is 9.58. The smallest absolute Gasteiger partial charge is 0.314 e. The largest absolute Gasteiger partial charge is 0.318 e. The molecule has 2 aromatic carbocycles. The van der Waals surface area contributed by atoms with Gasteiger partial charge >= 0.3 is 11.8 Å². The van der Waals surface area contributed by atoms with Crippen LogP contribution in [0.4, 0.5) is 17.1 Å². The van der Waals surface area contributed by atoms with Crippen molar-refractivity contribution in [3.63, 3.8) is 0 Å². The summed E-state index contributed by atoms with van der Waals surface area (Å²) >= 11 is 0. The Kier molecular flexibility index (Phi) is 4.63. The van der Waals surface area contributed by atoms with E-state index < -0.39 is 11.8 Å². The SMILES string of the molecule is Cc1ccc(NC(=O)C(=O)Nc2cc3c4c(c2)CCC(=O)N4CCC3)cc1C. The van der Waals surface area contributed by atoms with Gasteiger partial charge in [0, 0.05) is 24.3 Å². The van der Waals surface area contributed by atoms with E-state index in [1.54, 1.807) is 6.07 Å². The Morgan fingerprint density at radius 2 is 1.54 bits per heavy atom. The van der Waals surface area contributed by atoms with Crippen LogP contribution in [0.25, 0.3) is 0 Å². The molecule has 0 fully saturated rings. The number of rotatable bonds is 2. The lowest BCUT2D eigenvalue weighted by Crippen LogP contribution is -2.39. The maximum atomic E-state index is 12.4. The highest BCUT2D eigenvalue weighted by atomic mass is 16.2. The second-order valence-electron chi connectivity index (χ2n) is 7.50. The summed E-state index contributed by atoms with van der Waals surface area (Å²) in [6.45, 7) is 4.70. The van der Waals surface area contributed by atoms with E-state index in [1.807, 2.05) is 43.0 Å². The number of carbonyl (C=O) groups excluding carboxylic acids is 3. The minimum Gasteiger partial charge on any atom is -0.318 e. The van der Waals surface area contributed by atoms with Crippen LogP contribution in [0, 0.1) is 13.8 Å². The molecule has 0 atom stereocenters. The monoisotopic (exact) mass is 377 g/mol. The van der Waals surface area contributed by atoms with Gasteiger partial charge in [-0.05, 0) is 79.6 Å². The molecule has 4 rings (SSSR count). The fourth-order valence-electron chi connectivity index (χ4n) is 3.92. The zero-order valence-corrected chi connectivity index (χ0v) is 16.1. The summed E-state index contributed by atoms with van der Waals surface area (Å²) in [5, 5.41) is 5.35. The number of nitrogens with one attached hydrogen (secondary N) is 2. The predicted molar refractivity (Wildman–Crippen MR) is 109 cm³/mol. The van der Waals surface area contributed by atoms with Crippen molar-refractivity contribution in [2.24, 2.45) is 0 Å². The van der Waals surface area contributed by atoms with Crippen LogP contribution in [-0.2, 0) is 27.2 Å². The molecule has 0 bridgehead atoms. The fraction of sp³-hybridized carbons (Fsp3) is 0.318. The van der Waals surface area contributed by atoms with Crippen LogP contribution in [0.3, 0.4) is 0 Å². The van der Waals surface area contributed by atoms with Gasteiger partial charge in [0.05, 0.1) is 5.69 Å². The average molecular weight is 377 g/mol. The minimum absolute atomic E-state index is 0.165. The Bertz CT molecular complexity index is 980. The van der Waals surface area contributed by atoms with Gasteiger partial charge in [-0.25, -0.2) is 0 Å². The molecule has 28 heavy (non-hydrogen) atoms. The summed E-state index contributed by atoms with van der Waals surface area (Å²) < 4.78 is 0. The lowest BCUT2D eigenvalue weighted by Gasteiger charge is -2.35. The highest BCUT2D eigenvalue weighted by Crippen LogP contribution is 2.37. The molecule has 2 aliphatic rings. The van der Waals surface area contributed by atoms with E-state index in [4.69, 9.17) is 0 Å². The number of carbonyl (C=O) groups is 3. The molecule has 0 saturated carbocycles. The number of nitrogens with zero attached hydrogens (tertiary/aromatic N) is 1. The van der Waals surface area contributed by atoms with Crippen molar-refractivity contribution in [2.45, 2.75) is 39.5 Å². The van der Waals surface area contributed by atoms with E-state index >= 15 is 0 Å². The van der Waals surface area contributed by atoms with Crippen LogP contribution in [-0.4, -0.2) is 24.3 Å². The van der Waals surface area contributed by atoms with Crippen molar-refractivity contribution in [3.8, 4) is 0 Å². The van der Waals surface area contributed by atoms with Crippen LogP contribution in [0.1, 0.15) is 35.1 Å². The first-order valence-corrected chi connectivity index (χ1v) is 9.58. The van der Waals surface area contributed by atoms with Crippen molar-refractivity contribution in [2.75, 3.05) is 22.1 Å². The van der Waals surface area contributed by atoms with Crippen LogP contribution in [0.2, 0.25) is 0 Å². The number of hydrogen-bond acceptors (Lipinski definition) is 3. The van der Waals surface area contributed by atoms with E-state index in [2.05, 4.69) is 10.6 Å². The van der Waals surface area contributed by atoms with Gasteiger partial charge in [0.15, 0.2) is 0 Å². The predicted octanol–water partition coefficient (Wildman–Crippen LogP) is 3.11. The Morgan fingerprint density at radius 3 is 2.25 bits per heavy atom. The summed E-state index contributed by atoms with van der Waals surface area (Å²) in [5.74, 6) is -1.24. The van der Waals surface area contributed by atoms with Gasteiger partial charge in [-0.3, -0.25) is 14.4 Å². The Balaban J connectivity index is 1.51. The molecule has 0 unspecified atom stereocenters. The summed E-state index contributed by atoms with van der Waals surface area (Å²) in [4.78, 5) is 38.7. The number of amides is 3. The van der Waals surface area contributed by atoms with Crippen LogP contribution < -0.4 is 15.5 Å². The van der Waals surface area contributed by atoms with E-state index in [0.717, 1.165) is 47.3 Å². The molecule has 6 heteroatoms. The molecule has 6 nitrogen and oxygen atoms in total. The third kappa shape index (κ3) is 3.38. The second kappa shape index (κ2) is 7.11. The normalized spacial score (nSPS) is 15.1. The number of benzene rings is 2. The van der Waals surface area contributed by atoms with Crippen molar-refractivity contribution in [3.05, 3.63) is 52.6 Å². The van der Waals surface area contributed by atoms with Gasteiger partial charge in [0.2, 0.25) is 5.91 Å². The minimum atomic E-state index is -0.704. The van der Waals surface area contributed by atoms with Crippen LogP contribution in [0.15, 0.2) is 30.3 Å². The van der Waals surface area contributed by atoms with Crippen molar-refractivity contribution < 1.29 is 14.4 Å².